The lowest BCUT2D eigenvalue weighted by atomic mass is 9.80. The Morgan fingerprint density at radius 3 is 2.74 bits per heavy atom. The van der Waals surface area contributed by atoms with Crippen molar-refractivity contribution >= 4 is 11.4 Å². The summed E-state index contributed by atoms with van der Waals surface area (Å²) < 4.78 is 13.5. The van der Waals surface area contributed by atoms with Crippen LogP contribution < -0.4 is 5.32 Å². The van der Waals surface area contributed by atoms with E-state index >= 15 is 0 Å². The normalized spacial score (nSPS) is 27.0. The van der Waals surface area contributed by atoms with Crippen LogP contribution in [0.1, 0.15) is 33.1 Å². The Kier molecular flexibility index (Phi) is 4.02. The van der Waals surface area contributed by atoms with Crippen molar-refractivity contribution in [1.29, 1.82) is 0 Å². The molecule has 104 valence electrons. The number of rotatable bonds is 3. The fourth-order valence-electron chi connectivity index (χ4n) is 2.69. The van der Waals surface area contributed by atoms with Crippen LogP contribution in [-0.4, -0.2) is 11.0 Å². The van der Waals surface area contributed by atoms with Gasteiger partial charge in [-0.3, -0.25) is 10.1 Å². The molecule has 1 aliphatic carbocycles. The molecule has 0 amide bonds. The lowest BCUT2D eigenvalue weighted by Crippen LogP contribution is -2.33. The van der Waals surface area contributed by atoms with Gasteiger partial charge in [-0.2, -0.15) is 4.39 Å². The van der Waals surface area contributed by atoms with Crippen molar-refractivity contribution in [3.8, 4) is 0 Å². The topological polar surface area (TPSA) is 55.2 Å². The van der Waals surface area contributed by atoms with Gasteiger partial charge >= 0.3 is 5.69 Å². The van der Waals surface area contributed by atoms with Crippen LogP contribution in [0.4, 0.5) is 15.8 Å². The Hall–Kier alpha value is -1.65. The Bertz CT molecular complexity index is 479. The van der Waals surface area contributed by atoms with Crippen molar-refractivity contribution in [3.05, 3.63) is 34.1 Å². The number of anilines is 1. The average molecular weight is 266 g/mol. The quantitative estimate of drug-likeness (QED) is 0.665. The smallest absolute Gasteiger partial charge is 0.304 e. The van der Waals surface area contributed by atoms with Crippen molar-refractivity contribution in [2.45, 2.75) is 39.2 Å². The molecule has 3 atom stereocenters. The van der Waals surface area contributed by atoms with E-state index in [2.05, 4.69) is 19.2 Å². The zero-order valence-electron chi connectivity index (χ0n) is 11.2. The molecular formula is C14H19FN2O2. The largest absolute Gasteiger partial charge is 0.382 e. The third kappa shape index (κ3) is 3.22. The summed E-state index contributed by atoms with van der Waals surface area (Å²) in [6, 6.07) is 4.32. The van der Waals surface area contributed by atoms with Crippen molar-refractivity contribution in [2.75, 3.05) is 5.32 Å². The van der Waals surface area contributed by atoms with Crippen LogP contribution in [0.2, 0.25) is 0 Å². The van der Waals surface area contributed by atoms with E-state index in [0.29, 0.717) is 23.6 Å². The molecule has 5 heteroatoms. The van der Waals surface area contributed by atoms with Gasteiger partial charge in [-0.25, -0.2) is 0 Å². The zero-order valence-corrected chi connectivity index (χ0v) is 11.2. The van der Waals surface area contributed by atoms with Gasteiger partial charge in [0.2, 0.25) is 5.82 Å². The van der Waals surface area contributed by atoms with Gasteiger partial charge < -0.3 is 5.32 Å². The number of halogens is 1. The van der Waals surface area contributed by atoms with Gasteiger partial charge in [0.1, 0.15) is 0 Å². The van der Waals surface area contributed by atoms with E-state index in [1.807, 2.05) is 0 Å². The van der Waals surface area contributed by atoms with Gasteiger partial charge in [0, 0.05) is 23.9 Å². The maximum atomic E-state index is 13.5. The molecule has 1 aliphatic rings. The molecular weight excluding hydrogens is 247 g/mol. The summed E-state index contributed by atoms with van der Waals surface area (Å²) in [6.07, 6.45) is 3.45. The van der Waals surface area contributed by atoms with E-state index in [-0.39, 0.29) is 0 Å². The number of hydrogen-bond donors (Lipinski definition) is 1. The molecule has 0 spiro atoms. The second kappa shape index (κ2) is 5.55. The van der Waals surface area contributed by atoms with Crippen molar-refractivity contribution < 1.29 is 9.31 Å². The molecule has 0 aliphatic heterocycles. The predicted octanol–water partition coefficient (Wildman–Crippen LogP) is 3.97. The molecule has 19 heavy (non-hydrogen) atoms. The zero-order chi connectivity index (χ0) is 14.0. The first-order valence-electron chi connectivity index (χ1n) is 6.68. The number of nitro groups is 1. The highest BCUT2D eigenvalue weighted by Gasteiger charge is 2.25. The molecule has 2 rings (SSSR count). The van der Waals surface area contributed by atoms with Gasteiger partial charge in [0.05, 0.1) is 4.92 Å². The molecule has 0 aromatic heterocycles. The SMILES string of the molecule is CC1CCC(C)C(Nc2ccc([N+](=O)[O-])c(F)c2)C1. The molecule has 0 radical (unpaired) electrons. The van der Waals surface area contributed by atoms with E-state index in [1.165, 1.54) is 18.6 Å². The van der Waals surface area contributed by atoms with Crippen LogP contribution in [0.5, 0.6) is 0 Å². The summed E-state index contributed by atoms with van der Waals surface area (Å²) in [5.74, 6) is 0.414. The average Bonchev–Trinajstić information content (AvgIpc) is 2.33. The molecule has 0 heterocycles. The summed E-state index contributed by atoms with van der Waals surface area (Å²) in [5.41, 5.74) is 0.143. The van der Waals surface area contributed by atoms with Crippen LogP contribution in [-0.2, 0) is 0 Å². The number of nitrogens with one attached hydrogen (secondary N) is 1. The van der Waals surface area contributed by atoms with Gasteiger partial charge in [-0.05, 0) is 30.7 Å². The molecule has 1 saturated carbocycles. The lowest BCUT2D eigenvalue weighted by Gasteiger charge is -2.34. The van der Waals surface area contributed by atoms with Crippen molar-refractivity contribution in [3.63, 3.8) is 0 Å². The minimum Gasteiger partial charge on any atom is -0.382 e. The fraction of sp³-hybridized carbons (Fsp3) is 0.571. The Morgan fingerprint density at radius 1 is 1.37 bits per heavy atom. The van der Waals surface area contributed by atoms with Crippen LogP contribution >= 0.6 is 0 Å². The summed E-state index contributed by atoms with van der Waals surface area (Å²) in [4.78, 5) is 9.86. The highest BCUT2D eigenvalue weighted by molar-refractivity contribution is 5.50. The Labute approximate surface area is 112 Å². The monoisotopic (exact) mass is 266 g/mol. The molecule has 3 unspecified atom stereocenters. The number of nitro benzene ring substituents is 1. The molecule has 1 fully saturated rings. The molecule has 0 bridgehead atoms. The third-order valence-electron chi connectivity index (χ3n) is 3.95. The number of benzene rings is 1. The minimum atomic E-state index is -0.786. The first kappa shape index (κ1) is 13.8. The molecule has 1 N–H and O–H groups in total. The molecule has 1 aromatic rings. The fourth-order valence-corrected chi connectivity index (χ4v) is 2.69. The van der Waals surface area contributed by atoms with E-state index < -0.39 is 16.4 Å². The van der Waals surface area contributed by atoms with E-state index in [4.69, 9.17) is 0 Å². The summed E-state index contributed by atoms with van der Waals surface area (Å²) in [6.45, 7) is 4.41. The van der Waals surface area contributed by atoms with Crippen LogP contribution in [0.25, 0.3) is 0 Å². The van der Waals surface area contributed by atoms with Gasteiger partial charge in [0.15, 0.2) is 0 Å². The third-order valence-corrected chi connectivity index (χ3v) is 3.95. The molecule has 0 saturated heterocycles. The highest BCUT2D eigenvalue weighted by Crippen LogP contribution is 2.31. The summed E-state index contributed by atoms with van der Waals surface area (Å²) in [7, 11) is 0. The highest BCUT2D eigenvalue weighted by atomic mass is 19.1. The van der Waals surface area contributed by atoms with Crippen LogP contribution in [0, 0.1) is 27.8 Å². The predicted molar refractivity (Wildman–Crippen MR) is 72.6 cm³/mol. The molecule has 1 aromatic carbocycles. The van der Waals surface area contributed by atoms with Gasteiger partial charge in [-0.1, -0.05) is 20.3 Å². The summed E-state index contributed by atoms with van der Waals surface area (Å²) >= 11 is 0. The van der Waals surface area contributed by atoms with Crippen LogP contribution in [0.3, 0.4) is 0 Å². The van der Waals surface area contributed by atoms with Crippen molar-refractivity contribution in [2.24, 2.45) is 11.8 Å². The van der Waals surface area contributed by atoms with Gasteiger partial charge in [0.25, 0.3) is 0 Å². The minimum absolute atomic E-state index is 0.310. The number of hydrogen-bond acceptors (Lipinski definition) is 3. The first-order chi connectivity index (χ1) is 8.97. The second-order valence-electron chi connectivity index (χ2n) is 5.57. The molecule has 4 nitrogen and oxygen atoms in total. The van der Waals surface area contributed by atoms with E-state index in [0.717, 1.165) is 12.8 Å². The second-order valence-corrected chi connectivity index (χ2v) is 5.57. The first-order valence-corrected chi connectivity index (χ1v) is 6.68. The number of nitrogens with zero attached hydrogens (tertiary/aromatic N) is 1. The lowest BCUT2D eigenvalue weighted by molar-refractivity contribution is -0.387. The van der Waals surface area contributed by atoms with Crippen LogP contribution in [0.15, 0.2) is 18.2 Å². The summed E-state index contributed by atoms with van der Waals surface area (Å²) in [5, 5.41) is 13.9. The maximum absolute atomic E-state index is 13.5. The maximum Gasteiger partial charge on any atom is 0.304 e. The Morgan fingerprint density at radius 2 is 2.11 bits per heavy atom. The van der Waals surface area contributed by atoms with E-state index in [9.17, 15) is 14.5 Å². The standard InChI is InChI=1S/C14H19FN2O2/c1-9-3-4-10(2)13(7-9)16-11-5-6-14(17(18)19)12(15)8-11/h5-6,8-10,13,16H,3-4,7H2,1-2H3. The van der Waals surface area contributed by atoms with E-state index in [1.54, 1.807) is 6.07 Å². The van der Waals surface area contributed by atoms with Crippen molar-refractivity contribution in [1.82, 2.24) is 0 Å². The Balaban J connectivity index is 2.10. The van der Waals surface area contributed by atoms with Gasteiger partial charge in [-0.15, -0.1) is 0 Å².